The Hall–Kier alpha value is -2.10. The molecular weight excluding hydrogens is 212 g/mol. The molecule has 0 aliphatic heterocycles. The first-order valence-corrected chi connectivity index (χ1v) is 4.62. The van der Waals surface area contributed by atoms with Gasteiger partial charge in [-0.05, 0) is 18.2 Å². The highest BCUT2D eigenvalue weighted by Gasteiger charge is 2.12. The molecule has 3 N–H and O–H groups in total. The molecule has 0 aromatic heterocycles. The molecule has 0 saturated heterocycles. The lowest BCUT2D eigenvalue weighted by molar-refractivity contribution is 0.475. The molecule has 0 heterocycles. The van der Waals surface area contributed by atoms with Crippen molar-refractivity contribution in [1.29, 1.82) is 0 Å². The molecule has 4 heteroatoms. The third-order valence-corrected chi connectivity index (χ3v) is 2.26. The maximum Gasteiger partial charge on any atom is 0.166 e. The number of phenolic OH excluding ortho intramolecular Hbond substituents is 1. The van der Waals surface area contributed by atoms with Crippen molar-refractivity contribution in [2.75, 3.05) is 5.73 Å². The van der Waals surface area contributed by atoms with Crippen LogP contribution in [-0.2, 0) is 0 Å². The minimum Gasteiger partial charge on any atom is -0.507 e. The van der Waals surface area contributed by atoms with E-state index in [1.165, 1.54) is 30.3 Å². The number of hydrogen-bond acceptors (Lipinski definition) is 2. The molecule has 82 valence electrons. The molecule has 2 nitrogen and oxygen atoms in total. The van der Waals surface area contributed by atoms with Gasteiger partial charge in [0.2, 0.25) is 0 Å². The number of nitrogens with two attached hydrogens (primary N) is 1. The van der Waals surface area contributed by atoms with Crippen LogP contribution in [0.4, 0.5) is 14.5 Å². The number of aromatic hydroxyl groups is 1. The van der Waals surface area contributed by atoms with Crippen molar-refractivity contribution in [2.24, 2.45) is 0 Å². The molecule has 2 aromatic carbocycles. The van der Waals surface area contributed by atoms with E-state index in [1.54, 1.807) is 0 Å². The summed E-state index contributed by atoms with van der Waals surface area (Å²) >= 11 is 0. The molecule has 0 aliphatic carbocycles. The maximum absolute atomic E-state index is 13.5. The van der Waals surface area contributed by atoms with E-state index in [2.05, 4.69) is 0 Å². The lowest BCUT2D eigenvalue weighted by Crippen LogP contribution is -1.91. The third-order valence-electron chi connectivity index (χ3n) is 2.26. The van der Waals surface area contributed by atoms with Gasteiger partial charge in [0.15, 0.2) is 11.6 Å². The van der Waals surface area contributed by atoms with Crippen molar-refractivity contribution in [3.8, 4) is 16.9 Å². The lowest BCUT2D eigenvalue weighted by Gasteiger charge is -2.07. The van der Waals surface area contributed by atoms with Crippen molar-refractivity contribution < 1.29 is 13.9 Å². The number of hydrogen-bond donors (Lipinski definition) is 2. The molecule has 0 amide bonds. The Bertz CT molecular complexity index is 541. The van der Waals surface area contributed by atoms with E-state index in [9.17, 15) is 13.9 Å². The van der Waals surface area contributed by atoms with Gasteiger partial charge in [0.25, 0.3) is 0 Å². The summed E-state index contributed by atoms with van der Waals surface area (Å²) in [6.07, 6.45) is 0. The fourth-order valence-corrected chi connectivity index (χ4v) is 1.49. The lowest BCUT2D eigenvalue weighted by atomic mass is 10.0. The van der Waals surface area contributed by atoms with Crippen LogP contribution >= 0.6 is 0 Å². The second-order valence-electron chi connectivity index (χ2n) is 3.38. The van der Waals surface area contributed by atoms with E-state index in [1.807, 2.05) is 0 Å². The quantitative estimate of drug-likeness (QED) is 0.727. The summed E-state index contributed by atoms with van der Waals surface area (Å²) in [5.41, 5.74) is 6.03. The van der Waals surface area contributed by atoms with Gasteiger partial charge in [0.05, 0.1) is 0 Å². The van der Waals surface area contributed by atoms with Gasteiger partial charge in [-0.25, -0.2) is 8.78 Å². The normalized spacial score (nSPS) is 10.4. The second kappa shape index (κ2) is 3.81. The van der Waals surface area contributed by atoms with E-state index in [0.717, 1.165) is 6.07 Å². The Balaban J connectivity index is 2.63. The van der Waals surface area contributed by atoms with Crippen LogP contribution in [0, 0.1) is 11.6 Å². The summed E-state index contributed by atoms with van der Waals surface area (Å²) in [5, 5.41) is 9.59. The van der Waals surface area contributed by atoms with Crippen LogP contribution in [-0.4, -0.2) is 5.11 Å². The highest BCUT2D eigenvalue weighted by Crippen LogP contribution is 2.32. The molecule has 0 aliphatic rings. The van der Waals surface area contributed by atoms with Gasteiger partial charge in [-0.2, -0.15) is 0 Å². The first kappa shape index (κ1) is 10.4. The Kier molecular flexibility index (Phi) is 2.48. The zero-order valence-electron chi connectivity index (χ0n) is 8.24. The highest BCUT2D eigenvalue weighted by molar-refractivity contribution is 5.73. The van der Waals surface area contributed by atoms with E-state index >= 15 is 0 Å². The Morgan fingerprint density at radius 3 is 2.44 bits per heavy atom. The molecule has 2 aromatic rings. The topological polar surface area (TPSA) is 46.2 Å². The number of phenols is 1. The summed E-state index contributed by atoms with van der Waals surface area (Å²) in [5.74, 6) is -2.11. The van der Waals surface area contributed by atoms with Gasteiger partial charge in [-0.15, -0.1) is 0 Å². The zero-order chi connectivity index (χ0) is 11.7. The smallest absolute Gasteiger partial charge is 0.166 e. The fourth-order valence-electron chi connectivity index (χ4n) is 1.49. The second-order valence-corrected chi connectivity index (χ2v) is 3.38. The van der Waals surface area contributed by atoms with Crippen LogP contribution in [0.3, 0.4) is 0 Å². The number of nitrogen functional groups attached to an aromatic ring is 1. The summed E-state index contributed by atoms with van der Waals surface area (Å²) in [6, 6.07) is 8.04. The molecule has 0 atom stereocenters. The molecular formula is C12H9F2NO. The van der Waals surface area contributed by atoms with Crippen LogP contribution in [0.1, 0.15) is 0 Å². The van der Waals surface area contributed by atoms with Gasteiger partial charge in [-0.1, -0.05) is 12.1 Å². The Labute approximate surface area is 91.0 Å². The first-order valence-electron chi connectivity index (χ1n) is 4.62. The molecule has 0 fully saturated rings. The van der Waals surface area contributed by atoms with Gasteiger partial charge in [0.1, 0.15) is 5.75 Å². The average Bonchev–Trinajstić information content (AvgIpc) is 2.23. The molecule has 0 bridgehead atoms. The largest absolute Gasteiger partial charge is 0.507 e. The summed E-state index contributed by atoms with van der Waals surface area (Å²) in [7, 11) is 0. The van der Waals surface area contributed by atoms with Crippen molar-refractivity contribution in [3.63, 3.8) is 0 Å². The Morgan fingerprint density at radius 2 is 1.75 bits per heavy atom. The number of halogens is 2. The molecule has 0 saturated carbocycles. The summed E-state index contributed by atoms with van der Waals surface area (Å²) in [6.45, 7) is 0. The SMILES string of the molecule is Nc1ccc(-c2cccc(F)c2F)c(O)c1. The van der Waals surface area contributed by atoms with Crippen molar-refractivity contribution >= 4 is 5.69 Å². The average molecular weight is 221 g/mol. The van der Waals surface area contributed by atoms with Gasteiger partial charge in [-0.3, -0.25) is 0 Å². The number of benzene rings is 2. The molecule has 0 spiro atoms. The molecule has 0 radical (unpaired) electrons. The van der Waals surface area contributed by atoms with Gasteiger partial charge in [0, 0.05) is 22.9 Å². The molecule has 16 heavy (non-hydrogen) atoms. The van der Waals surface area contributed by atoms with Crippen molar-refractivity contribution in [1.82, 2.24) is 0 Å². The number of rotatable bonds is 1. The van der Waals surface area contributed by atoms with Crippen LogP contribution in [0.5, 0.6) is 5.75 Å². The Morgan fingerprint density at radius 1 is 1.00 bits per heavy atom. The zero-order valence-corrected chi connectivity index (χ0v) is 8.24. The van der Waals surface area contributed by atoms with Crippen molar-refractivity contribution in [2.45, 2.75) is 0 Å². The minimum absolute atomic E-state index is 0.0116. The maximum atomic E-state index is 13.5. The minimum atomic E-state index is -0.984. The van der Waals surface area contributed by atoms with Crippen LogP contribution < -0.4 is 5.73 Å². The first-order chi connectivity index (χ1) is 7.59. The number of anilines is 1. The van der Waals surface area contributed by atoms with Crippen LogP contribution in [0.2, 0.25) is 0 Å². The molecule has 2 rings (SSSR count). The summed E-state index contributed by atoms with van der Waals surface area (Å²) < 4.78 is 26.4. The third kappa shape index (κ3) is 1.69. The van der Waals surface area contributed by atoms with E-state index in [-0.39, 0.29) is 16.9 Å². The van der Waals surface area contributed by atoms with E-state index < -0.39 is 11.6 Å². The van der Waals surface area contributed by atoms with Gasteiger partial charge < -0.3 is 10.8 Å². The summed E-state index contributed by atoms with van der Waals surface area (Å²) in [4.78, 5) is 0. The monoisotopic (exact) mass is 221 g/mol. The predicted molar refractivity (Wildman–Crippen MR) is 57.9 cm³/mol. The standard InChI is InChI=1S/C12H9F2NO/c13-10-3-1-2-9(12(10)14)8-5-4-7(15)6-11(8)16/h1-6,16H,15H2. The van der Waals surface area contributed by atoms with Crippen LogP contribution in [0.15, 0.2) is 36.4 Å². The van der Waals surface area contributed by atoms with Crippen molar-refractivity contribution in [3.05, 3.63) is 48.0 Å². The highest BCUT2D eigenvalue weighted by atomic mass is 19.2. The fraction of sp³-hybridized carbons (Fsp3) is 0. The van der Waals surface area contributed by atoms with Gasteiger partial charge >= 0.3 is 0 Å². The molecule has 0 unspecified atom stereocenters. The predicted octanol–water partition coefficient (Wildman–Crippen LogP) is 2.92. The van der Waals surface area contributed by atoms with E-state index in [0.29, 0.717) is 5.69 Å². The van der Waals surface area contributed by atoms with Crippen LogP contribution in [0.25, 0.3) is 11.1 Å². The van der Waals surface area contributed by atoms with E-state index in [4.69, 9.17) is 5.73 Å².